The quantitative estimate of drug-likeness (QED) is 0.196. The number of carbonyl (C=O) groups excluding carboxylic acids is 2. The van der Waals surface area contributed by atoms with Crippen LogP contribution in [0.3, 0.4) is 0 Å². The van der Waals surface area contributed by atoms with E-state index in [-0.39, 0.29) is 23.8 Å². The van der Waals surface area contributed by atoms with Crippen molar-refractivity contribution in [1.82, 2.24) is 10.2 Å². The third-order valence-corrected chi connectivity index (χ3v) is 9.36. The van der Waals surface area contributed by atoms with Gasteiger partial charge in [-0.2, -0.15) is 0 Å². The topological polar surface area (TPSA) is 86.8 Å². The molecule has 44 heavy (non-hydrogen) atoms. The summed E-state index contributed by atoms with van der Waals surface area (Å²) in [6, 6.07) is 31.1. The lowest BCUT2D eigenvalue weighted by atomic mass is 10.00. The lowest BCUT2D eigenvalue weighted by molar-refractivity contribution is -0.140. The Bertz CT molecular complexity index is 1690. The van der Waals surface area contributed by atoms with E-state index in [2.05, 4.69) is 21.2 Å². The van der Waals surface area contributed by atoms with Gasteiger partial charge in [-0.1, -0.05) is 94.8 Å². The Morgan fingerprint density at radius 3 is 2.07 bits per heavy atom. The van der Waals surface area contributed by atoms with Crippen molar-refractivity contribution in [2.24, 2.45) is 0 Å². The predicted octanol–water partition coefficient (Wildman–Crippen LogP) is 6.51. The van der Waals surface area contributed by atoms with Crippen molar-refractivity contribution in [2.45, 2.75) is 57.1 Å². The molecule has 9 heteroatoms. The van der Waals surface area contributed by atoms with Crippen LogP contribution in [0.1, 0.15) is 37.5 Å². The molecule has 4 aromatic rings. The summed E-state index contributed by atoms with van der Waals surface area (Å²) in [6.07, 6.45) is 0.253. The first-order chi connectivity index (χ1) is 20.8. The van der Waals surface area contributed by atoms with Crippen LogP contribution in [0.4, 0.5) is 5.69 Å². The van der Waals surface area contributed by atoms with Gasteiger partial charge in [-0.05, 0) is 74.7 Å². The van der Waals surface area contributed by atoms with E-state index in [4.69, 9.17) is 0 Å². The van der Waals surface area contributed by atoms with Gasteiger partial charge in [0.2, 0.25) is 11.8 Å². The van der Waals surface area contributed by atoms with Gasteiger partial charge in [-0.3, -0.25) is 13.9 Å². The molecule has 0 radical (unpaired) electrons. The highest BCUT2D eigenvalue weighted by Gasteiger charge is 2.35. The van der Waals surface area contributed by atoms with Crippen molar-refractivity contribution in [1.29, 1.82) is 0 Å². The molecule has 7 nitrogen and oxygen atoms in total. The standard InChI is InChI=1S/C35H38BrN3O4S/c1-26-14-11-12-17-28(26)24-38(32(34(41)37-35(2,3)4)22-27-15-7-5-8-16-27)33(40)25-39(30-19-13-18-29(36)23-30)44(42,43)31-20-9-6-10-21-31/h5-21,23,32H,22,24-25H2,1-4H3,(H,37,41). The van der Waals surface area contributed by atoms with Gasteiger partial charge in [0.1, 0.15) is 12.6 Å². The molecular weight excluding hydrogens is 638 g/mol. The fourth-order valence-electron chi connectivity index (χ4n) is 4.86. The molecule has 0 aromatic heterocycles. The van der Waals surface area contributed by atoms with E-state index in [0.717, 1.165) is 21.0 Å². The Morgan fingerprint density at radius 1 is 0.841 bits per heavy atom. The molecule has 0 aliphatic carbocycles. The van der Waals surface area contributed by atoms with Crippen LogP contribution in [-0.4, -0.2) is 43.3 Å². The zero-order valence-corrected chi connectivity index (χ0v) is 27.8. The molecule has 0 spiro atoms. The molecule has 1 N–H and O–H groups in total. The molecule has 0 heterocycles. The van der Waals surface area contributed by atoms with E-state index in [1.54, 1.807) is 42.5 Å². The largest absolute Gasteiger partial charge is 0.350 e. The lowest BCUT2D eigenvalue weighted by Crippen LogP contribution is -2.56. The summed E-state index contributed by atoms with van der Waals surface area (Å²) in [4.78, 5) is 30.1. The average Bonchev–Trinajstić information content (AvgIpc) is 2.98. The number of carbonyl (C=O) groups is 2. The van der Waals surface area contributed by atoms with Crippen LogP contribution < -0.4 is 9.62 Å². The highest BCUT2D eigenvalue weighted by atomic mass is 79.9. The molecule has 0 saturated heterocycles. The van der Waals surface area contributed by atoms with E-state index in [1.165, 1.54) is 17.0 Å². The first kappa shape index (κ1) is 33.0. The van der Waals surface area contributed by atoms with Crippen LogP contribution in [0.5, 0.6) is 0 Å². The minimum Gasteiger partial charge on any atom is -0.350 e. The third kappa shape index (κ3) is 8.57. The number of nitrogens with zero attached hydrogens (tertiary/aromatic N) is 2. The second-order valence-corrected chi connectivity index (χ2v) is 14.5. The van der Waals surface area contributed by atoms with Gasteiger partial charge in [0.15, 0.2) is 0 Å². The number of hydrogen-bond donors (Lipinski definition) is 1. The van der Waals surface area contributed by atoms with Crippen molar-refractivity contribution in [3.05, 3.63) is 130 Å². The number of anilines is 1. The molecule has 1 atom stereocenters. The van der Waals surface area contributed by atoms with E-state index < -0.39 is 34.1 Å². The second-order valence-electron chi connectivity index (χ2n) is 11.7. The highest BCUT2D eigenvalue weighted by Crippen LogP contribution is 2.27. The smallest absolute Gasteiger partial charge is 0.264 e. The van der Waals surface area contributed by atoms with Gasteiger partial charge in [0.25, 0.3) is 10.0 Å². The fourth-order valence-corrected chi connectivity index (χ4v) is 6.67. The first-order valence-electron chi connectivity index (χ1n) is 14.4. The Hall–Kier alpha value is -3.95. The third-order valence-electron chi connectivity index (χ3n) is 7.08. The van der Waals surface area contributed by atoms with E-state index in [1.807, 2.05) is 82.3 Å². The molecular formula is C35H38BrN3O4S. The molecule has 0 fully saturated rings. The van der Waals surface area contributed by atoms with Gasteiger partial charge < -0.3 is 10.2 Å². The minimum atomic E-state index is -4.15. The predicted molar refractivity (Wildman–Crippen MR) is 179 cm³/mol. The number of benzene rings is 4. The number of aryl methyl sites for hydroxylation is 1. The van der Waals surface area contributed by atoms with E-state index in [9.17, 15) is 18.0 Å². The van der Waals surface area contributed by atoms with Gasteiger partial charge in [-0.15, -0.1) is 0 Å². The first-order valence-corrected chi connectivity index (χ1v) is 16.6. The zero-order chi connectivity index (χ0) is 31.9. The Morgan fingerprint density at radius 2 is 1.45 bits per heavy atom. The number of sulfonamides is 1. The number of hydrogen-bond acceptors (Lipinski definition) is 4. The fraction of sp³-hybridized carbons (Fsp3) is 0.257. The highest BCUT2D eigenvalue weighted by molar-refractivity contribution is 9.10. The van der Waals surface area contributed by atoms with E-state index in [0.29, 0.717) is 10.2 Å². The average molecular weight is 677 g/mol. The van der Waals surface area contributed by atoms with Crippen LogP contribution in [0, 0.1) is 6.92 Å². The Labute approximate surface area is 269 Å². The van der Waals surface area contributed by atoms with Crippen molar-refractivity contribution in [3.63, 3.8) is 0 Å². The molecule has 0 aliphatic rings. The van der Waals surface area contributed by atoms with Crippen molar-refractivity contribution in [3.8, 4) is 0 Å². The van der Waals surface area contributed by atoms with Crippen molar-refractivity contribution >= 4 is 43.5 Å². The van der Waals surface area contributed by atoms with Gasteiger partial charge in [0, 0.05) is 23.0 Å². The number of halogens is 1. The van der Waals surface area contributed by atoms with Crippen LogP contribution >= 0.6 is 15.9 Å². The summed E-state index contributed by atoms with van der Waals surface area (Å²) in [7, 11) is -4.15. The maximum Gasteiger partial charge on any atom is 0.264 e. The zero-order valence-electron chi connectivity index (χ0n) is 25.4. The van der Waals surface area contributed by atoms with Crippen LogP contribution in [-0.2, 0) is 32.6 Å². The molecule has 4 rings (SSSR count). The Balaban J connectivity index is 1.82. The lowest BCUT2D eigenvalue weighted by Gasteiger charge is -2.35. The maximum atomic E-state index is 14.5. The number of amides is 2. The maximum absolute atomic E-state index is 14.5. The normalized spacial score (nSPS) is 12.3. The summed E-state index contributed by atoms with van der Waals surface area (Å²) in [6.45, 7) is 7.23. The van der Waals surface area contributed by atoms with Gasteiger partial charge in [0.05, 0.1) is 10.6 Å². The second kappa shape index (κ2) is 14.2. The Kier molecular flexibility index (Phi) is 10.7. The monoisotopic (exact) mass is 675 g/mol. The summed E-state index contributed by atoms with van der Waals surface area (Å²) in [5.41, 5.74) is 2.47. The molecule has 0 saturated carbocycles. The number of nitrogens with one attached hydrogen (secondary N) is 1. The molecule has 1 unspecified atom stereocenters. The molecule has 0 aliphatic heterocycles. The van der Waals surface area contributed by atoms with Crippen LogP contribution in [0.25, 0.3) is 0 Å². The molecule has 230 valence electrons. The van der Waals surface area contributed by atoms with Crippen molar-refractivity contribution in [2.75, 3.05) is 10.8 Å². The van der Waals surface area contributed by atoms with Crippen LogP contribution in [0.15, 0.2) is 119 Å². The van der Waals surface area contributed by atoms with Gasteiger partial charge in [-0.25, -0.2) is 8.42 Å². The van der Waals surface area contributed by atoms with Gasteiger partial charge >= 0.3 is 0 Å². The summed E-state index contributed by atoms with van der Waals surface area (Å²) < 4.78 is 29.9. The summed E-state index contributed by atoms with van der Waals surface area (Å²) >= 11 is 3.44. The SMILES string of the molecule is Cc1ccccc1CN(C(=O)CN(c1cccc(Br)c1)S(=O)(=O)c1ccccc1)C(Cc1ccccc1)C(=O)NC(C)(C)C. The number of rotatable bonds is 11. The molecule has 0 bridgehead atoms. The summed E-state index contributed by atoms with van der Waals surface area (Å²) in [5, 5.41) is 3.05. The van der Waals surface area contributed by atoms with Crippen molar-refractivity contribution < 1.29 is 18.0 Å². The molecule has 2 amide bonds. The minimum absolute atomic E-state index is 0.0598. The van der Waals surface area contributed by atoms with E-state index >= 15 is 0 Å². The molecule has 4 aromatic carbocycles. The van der Waals surface area contributed by atoms with Crippen LogP contribution in [0.2, 0.25) is 0 Å². The summed E-state index contributed by atoms with van der Waals surface area (Å²) in [5.74, 6) is -0.819.